The van der Waals surface area contributed by atoms with Crippen LogP contribution in [0.3, 0.4) is 0 Å². The van der Waals surface area contributed by atoms with Crippen LogP contribution in [-0.2, 0) is 9.53 Å². The first kappa shape index (κ1) is 22.1. The summed E-state index contributed by atoms with van der Waals surface area (Å²) in [5, 5.41) is 5.71. The molecule has 162 valence electrons. The zero-order valence-electron chi connectivity index (χ0n) is 18.3. The number of carbonyl (C=O) groups excluding carboxylic acids is 2. The summed E-state index contributed by atoms with van der Waals surface area (Å²) in [4.78, 5) is 24.8. The van der Waals surface area contributed by atoms with Crippen molar-refractivity contribution in [3.8, 4) is 11.5 Å². The van der Waals surface area contributed by atoms with Crippen LogP contribution in [0.1, 0.15) is 43.6 Å². The van der Waals surface area contributed by atoms with Crippen molar-refractivity contribution < 1.29 is 23.8 Å². The molecule has 31 heavy (non-hydrogen) atoms. The van der Waals surface area contributed by atoms with Gasteiger partial charge in [0, 0.05) is 0 Å². The number of amides is 1. The summed E-state index contributed by atoms with van der Waals surface area (Å²) in [6, 6.07) is 12.1. The fraction of sp³-hybridized carbons (Fsp3) is 0.292. The summed E-state index contributed by atoms with van der Waals surface area (Å²) in [6.45, 7) is 7.73. The second-order valence-electron chi connectivity index (χ2n) is 7.20. The molecule has 2 aromatic rings. The Morgan fingerprint density at radius 3 is 2.45 bits per heavy atom. The molecule has 0 unspecified atom stereocenters. The SMILES string of the molecule is CCOC(=O)c1ccc(N2N=C(C)/C(=C/c3ccc(OC(C)C)c(OC)c3)C2=O)cc1. The Morgan fingerprint density at radius 1 is 1.13 bits per heavy atom. The molecule has 1 aliphatic heterocycles. The van der Waals surface area contributed by atoms with Crippen LogP contribution in [0.5, 0.6) is 11.5 Å². The van der Waals surface area contributed by atoms with Crippen LogP contribution in [0.2, 0.25) is 0 Å². The number of esters is 1. The topological polar surface area (TPSA) is 77.4 Å². The Morgan fingerprint density at radius 2 is 1.84 bits per heavy atom. The molecule has 2 aromatic carbocycles. The number of ether oxygens (including phenoxy) is 3. The first-order valence-corrected chi connectivity index (χ1v) is 10.1. The number of anilines is 1. The van der Waals surface area contributed by atoms with E-state index in [1.807, 2.05) is 32.0 Å². The van der Waals surface area contributed by atoms with Gasteiger partial charge in [-0.2, -0.15) is 10.1 Å². The Bertz CT molecular complexity index is 1040. The number of rotatable bonds is 7. The van der Waals surface area contributed by atoms with Crippen molar-refractivity contribution >= 4 is 29.4 Å². The van der Waals surface area contributed by atoms with Gasteiger partial charge < -0.3 is 14.2 Å². The van der Waals surface area contributed by atoms with E-state index in [2.05, 4.69) is 5.10 Å². The van der Waals surface area contributed by atoms with Crippen LogP contribution in [0.4, 0.5) is 5.69 Å². The molecule has 1 aliphatic rings. The van der Waals surface area contributed by atoms with Crippen molar-refractivity contribution in [2.45, 2.75) is 33.8 Å². The molecule has 0 saturated carbocycles. The molecule has 1 heterocycles. The van der Waals surface area contributed by atoms with Crippen LogP contribution in [0.15, 0.2) is 53.1 Å². The van der Waals surface area contributed by atoms with Gasteiger partial charge in [-0.1, -0.05) is 6.07 Å². The van der Waals surface area contributed by atoms with E-state index in [0.29, 0.717) is 40.6 Å². The largest absolute Gasteiger partial charge is 0.493 e. The molecule has 7 heteroatoms. The third-order valence-electron chi connectivity index (χ3n) is 4.55. The van der Waals surface area contributed by atoms with E-state index in [9.17, 15) is 9.59 Å². The van der Waals surface area contributed by atoms with Crippen molar-refractivity contribution in [2.75, 3.05) is 18.7 Å². The highest BCUT2D eigenvalue weighted by Gasteiger charge is 2.29. The van der Waals surface area contributed by atoms with Crippen molar-refractivity contribution in [1.82, 2.24) is 0 Å². The molecule has 0 radical (unpaired) electrons. The third kappa shape index (κ3) is 4.94. The van der Waals surface area contributed by atoms with E-state index in [4.69, 9.17) is 14.2 Å². The Kier molecular flexibility index (Phi) is 6.74. The minimum Gasteiger partial charge on any atom is -0.493 e. The second kappa shape index (κ2) is 9.47. The summed E-state index contributed by atoms with van der Waals surface area (Å²) in [5.41, 5.74) is 2.86. The molecular weight excluding hydrogens is 396 g/mol. The summed E-state index contributed by atoms with van der Waals surface area (Å²) in [7, 11) is 1.58. The molecule has 0 saturated heterocycles. The van der Waals surface area contributed by atoms with Crippen LogP contribution in [-0.4, -0.2) is 37.4 Å². The van der Waals surface area contributed by atoms with Gasteiger partial charge in [-0.05, 0) is 75.7 Å². The van der Waals surface area contributed by atoms with Crippen molar-refractivity contribution in [3.63, 3.8) is 0 Å². The van der Waals surface area contributed by atoms with E-state index < -0.39 is 5.97 Å². The Labute approximate surface area is 181 Å². The summed E-state index contributed by atoms with van der Waals surface area (Å²) in [5.74, 6) is 0.587. The lowest BCUT2D eigenvalue weighted by Crippen LogP contribution is -2.21. The summed E-state index contributed by atoms with van der Waals surface area (Å²) >= 11 is 0. The quantitative estimate of drug-likeness (QED) is 0.486. The van der Waals surface area contributed by atoms with Crippen LogP contribution >= 0.6 is 0 Å². The van der Waals surface area contributed by atoms with E-state index in [0.717, 1.165) is 5.56 Å². The first-order valence-electron chi connectivity index (χ1n) is 10.1. The van der Waals surface area contributed by atoms with Gasteiger partial charge in [0.1, 0.15) is 0 Å². The number of benzene rings is 2. The van der Waals surface area contributed by atoms with Crippen LogP contribution < -0.4 is 14.5 Å². The van der Waals surface area contributed by atoms with Crippen molar-refractivity contribution in [2.24, 2.45) is 5.10 Å². The summed E-state index contributed by atoms with van der Waals surface area (Å²) < 4.78 is 16.2. The molecule has 7 nitrogen and oxygen atoms in total. The molecule has 0 atom stereocenters. The monoisotopic (exact) mass is 422 g/mol. The smallest absolute Gasteiger partial charge is 0.338 e. The molecule has 3 rings (SSSR count). The predicted molar refractivity (Wildman–Crippen MR) is 120 cm³/mol. The molecule has 0 spiro atoms. The van der Waals surface area contributed by atoms with Gasteiger partial charge in [0.05, 0.1) is 42.4 Å². The van der Waals surface area contributed by atoms with E-state index in [-0.39, 0.29) is 12.0 Å². The average Bonchev–Trinajstić information content (AvgIpc) is 3.03. The average molecular weight is 422 g/mol. The molecule has 0 fully saturated rings. The Balaban J connectivity index is 1.84. The van der Waals surface area contributed by atoms with Crippen molar-refractivity contribution in [1.29, 1.82) is 0 Å². The van der Waals surface area contributed by atoms with Gasteiger partial charge in [0.25, 0.3) is 5.91 Å². The second-order valence-corrected chi connectivity index (χ2v) is 7.20. The number of nitrogens with zero attached hydrogens (tertiary/aromatic N) is 2. The number of hydrazone groups is 1. The highest BCUT2D eigenvalue weighted by Crippen LogP contribution is 2.31. The number of hydrogen-bond acceptors (Lipinski definition) is 6. The maximum absolute atomic E-state index is 13.0. The van der Waals surface area contributed by atoms with Gasteiger partial charge in [0.2, 0.25) is 0 Å². The number of hydrogen-bond donors (Lipinski definition) is 0. The highest BCUT2D eigenvalue weighted by atomic mass is 16.5. The minimum absolute atomic E-state index is 0.0210. The van der Waals surface area contributed by atoms with E-state index in [1.165, 1.54) is 5.01 Å². The van der Waals surface area contributed by atoms with Gasteiger partial charge in [-0.15, -0.1) is 0 Å². The van der Waals surface area contributed by atoms with E-state index in [1.54, 1.807) is 51.3 Å². The fourth-order valence-electron chi connectivity index (χ4n) is 3.10. The lowest BCUT2D eigenvalue weighted by molar-refractivity contribution is -0.114. The lowest BCUT2D eigenvalue weighted by Gasteiger charge is -2.14. The maximum Gasteiger partial charge on any atom is 0.338 e. The van der Waals surface area contributed by atoms with Gasteiger partial charge in [-0.3, -0.25) is 4.79 Å². The van der Waals surface area contributed by atoms with Crippen LogP contribution in [0, 0.1) is 0 Å². The van der Waals surface area contributed by atoms with Gasteiger partial charge >= 0.3 is 5.97 Å². The van der Waals surface area contributed by atoms with Crippen molar-refractivity contribution in [3.05, 3.63) is 59.2 Å². The number of carbonyl (C=O) groups is 2. The normalized spacial score (nSPS) is 14.8. The minimum atomic E-state index is -0.402. The number of methoxy groups -OCH3 is 1. The molecule has 0 N–H and O–H groups in total. The zero-order chi connectivity index (χ0) is 22.5. The predicted octanol–water partition coefficient (Wildman–Crippen LogP) is 4.47. The molecule has 1 amide bonds. The summed E-state index contributed by atoms with van der Waals surface area (Å²) in [6.07, 6.45) is 1.79. The van der Waals surface area contributed by atoms with E-state index >= 15 is 0 Å². The molecule has 0 aliphatic carbocycles. The Hall–Kier alpha value is -3.61. The standard InChI is InChI=1S/C24H26N2O5/c1-6-30-24(28)18-8-10-19(11-9-18)26-23(27)20(16(4)25-26)13-17-7-12-21(31-15(2)3)22(14-17)29-5/h7-15H,6H2,1-5H3/b20-13-. The highest BCUT2D eigenvalue weighted by molar-refractivity contribution is 6.32. The molecular formula is C24H26N2O5. The lowest BCUT2D eigenvalue weighted by atomic mass is 10.1. The fourth-order valence-corrected chi connectivity index (χ4v) is 3.10. The van der Waals surface area contributed by atoms with Gasteiger partial charge in [0.15, 0.2) is 11.5 Å². The third-order valence-corrected chi connectivity index (χ3v) is 4.55. The first-order chi connectivity index (χ1) is 14.8. The molecule has 0 bridgehead atoms. The van der Waals surface area contributed by atoms with Gasteiger partial charge in [-0.25, -0.2) is 4.79 Å². The van der Waals surface area contributed by atoms with Crippen LogP contribution in [0.25, 0.3) is 6.08 Å². The zero-order valence-corrected chi connectivity index (χ0v) is 18.3. The maximum atomic E-state index is 13.0. The molecule has 0 aromatic heterocycles.